The molecule has 88 valence electrons. The van der Waals surface area contributed by atoms with E-state index in [-0.39, 0.29) is 0 Å². The Balaban J connectivity index is 2.32. The van der Waals surface area contributed by atoms with E-state index in [1.165, 1.54) is 12.5 Å². The maximum atomic E-state index is 11.5. The highest BCUT2D eigenvalue weighted by molar-refractivity contribution is 5.90. The van der Waals surface area contributed by atoms with E-state index in [2.05, 4.69) is 25.1 Å². The summed E-state index contributed by atoms with van der Waals surface area (Å²) >= 11 is 0. The van der Waals surface area contributed by atoms with Crippen LogP contribution in [0, 0.1) is 6.92 Å². The molecule has 0 atom stereocenters. The number of aromatic amines is 1. The molecule has 2 rings (SSSR count). The molecule has 0 aliphatic carbocycles. The Kier molecular flexibility index (Phi) is 3.08. The van der Waals surface area contributed by atoms with Crippen LogP contribution >= 0.6 is 0 Å². The van der Waals surface area contributed by atoms with Crippen molar-refractivity contribution in [3.8, 4) is 11.6 Å². The van der Waals surface area contributed by atoms with E-state index in [0.29, 0.717) is 29.5 Å². The average Bonchev–Trinajstić information content (AvgIpc) is 2.82. The molecular weight excluding hydrogens is 222 g/mol. The van der Waals surface area contributed by atoms with E-state index in [0.717, 1.165) is 0 Å². The molecule has 7 nitrogen and oxygen atoms in total. The molecule has 0 spiro atoms. The van der Waals surface area contributed by atoms with E-state index in [1.807, 2.05) is 0 Å². The quantitative estimate of drug-likeness (QED) is 0.786. The van der Waals surface area contributed by atoms with E-state index in [4.69, 9.17) is 4.74 Å². The van der Waals surface area contributed by atoms with Gasteiger partial charge < -0.3 is 4.74 Å². The third kappa shape index (κ3) is 2.27. The van der Waals surface area contributed by atoms with Gasteiger partial charge in [-0.05, 0) is 13.8 Å². The number of aryl methyl sites for hydroxylation is 1. The lowest BCUT2D eigenvalue weighted by Gasteiger charge is -2.04. The molecule has 0 amide bonds. The molecule has 2 heterocycles. The van der Waals surface area contributed by atoms with E-state index >= 15 is 0 Å². The monoisotopic (exact) mass is 233 g/mol. The molecule has 0 aromatic carbocycles. The zero-order valence-electron chi connectivity index (χ0n) is 9.47. The molecule has 17 heavy (non-hydrogen) atoms. The predicted molar refractivity (Wildman–Crippen MR) is 58.1 cm³/mol. The molecule has 0 saturated heterocycles. The van der Waals surface area contributed by atoms with E-state index < -0.39 is 5.97 Å². The highest BCUT2D eigenvalue weighted by Crippen LogP contribution is 2.11. The summed E-state index contributed by atoms with van der Waals surface area (Å²) in [6.45, 7) is 3.78. The number of aromatic nitrogens is 5. The number of nitrogens with zero attached hydrogens (tertiary/aromatic N) is 4. The van der Waals surface area contributed by atoms with Gasteiger partial charge in [-0.15, -0.1) is 0 Å². The minimum atomic E-state index is -0.422. The Morgan fingerprint density at radius 2 is 2.29 bits per heavy atom. The number of ether oxygens (including phenoxy) is 1. The minimum Gasteiger partial charge on any atom is -0.462 e. The summed E-state index contributed by atoms with van der Waals surface area (Å²) in [5.41, 5.74) is 0.903. The first-order valence-electron chi connectivity index (χ1n) is 5.09. The van der Waals surface area contributed by atoms with E-state index in [9.17, 15) is 4.79 Å². The van der Waals surface area contributed by atoms with Crippen LogP contribution in [0.25, 0.3) is 11.6 Å². The van der Waals surface area contributed by atoms with Crippen molar-refractivity contribution in [3.63, 3.8) is 0 Å². The first-order chi connectivity index (χ1) is 8.22. The molecule has 7 heteroatoms. The van der Waals surface area contributed by atoms with Crippen molar-refractivity contribution >= 4 is 5.97 Å². The topological polar surface area (TPSA) is 93.6 Å². The lowest BCUT2D eigenvalue weighted by Crippen LogP contribution is -2.09. The summed E-state index contributed by atoms with van der Waals surface area (Å²) in [4.78, 5) is 23.7. The van der Waals surface area contributed by atoms with Gasteiger partial charge in [0, 0.05) is 6.20 Å². The van der Waals surface area contributed by atoms with Crippen molar-refractivity contribution in [1.82, 2.24) is 25.1 Å². The Hall–Kier alpha value is -2.31. The summed E-state index contributed by atoms with van der Waals surface area (Å²) < 4.78 is 4.88. The van der Waals surface area contributed by atoms with Gasteiger partial charge in [0.05, 0.1) is 17.9 Å². The second-order valence-electron chi connectivity index (χ2n) is 3.25. The van der Waals surface area contributed by atoms with Crippen LogP contribution in [0.4, 0.5) is 0 Å². The maximum absolute atomic E-state index is 11.5. The standard InChI is InChI=1S/C10H11N5O2/c1-3-17-10(16)7-4-11-8(14-6(7)2)9-12-5-13-15-9/h4-5H,3H2,1-2H3,(H,12,13,15). The zero-order chi connectivity index (χ0) is 12.3. The SMILES string of the molecule is CCOC(=O)c1cnc(-c2ncn[nH]2)nc1C. The van der Waals surface area contributed by atoms with Gasteiger partial charge in [-0.3, -0.25) is 5.10 Å². The summed E-state index contributed by atoms with van der Waals surface area (Å²) in [5, 5.41) is 6.36. The molecule has 2 aromatic heterocycles. The number of H-pyrrole nitrogens is 1. The summed E-state index contributed by atoms with van der Waals surface area (Å²) in [6, 6.07) is 0. The second-order valence-corrected chi connectivity index (χ2v) is 3.25. The van der Waals surface area contributed by atoms with Gasteiger partial charge in [-0.1, -0.05) is 0 Å². The molecule has 0 bridgehead atoms. The number of hydrogen-bond donors (Lipinski definition) is 1. The summed E-state index contributed by atoms with van der Waals surface area (Å²) in [5.74, 6) is 0.436. The number of esters is 1. The van der Waals surface area contributed by atoms with Crippen molar-refractivity contribution in [1.29, 1.82) is 0 Å². The molecular formula is C10H11N5O2. The number of carbonyl (C=O) groups excluding carboxylic acids is 1. The van der Waals surface area contributed by atoms with Crippen LogP contribution in [0.5, 0.6) is 0 Å². The van der Waals surface area contributed by atoms with Crippen molar-refractivity contribution < 1.29 is 9.53 Å². The molecule has 1 N–H and O–H groups in total. The zero-order valence-corrected chi connectivity index (χ0v) is 9.47. The molecule has 0 saturated carbocycles. The molecule has 0 aliphatic rings. The Labute approximate surface area is 97.3 Å². The lowest BCUT2D eigenvalue weighted by molar-refractivity contribution is 0.0524. The van der Waals surface area contributed by atoms with Crippen LogP contribution in [-0.2, 0) is 4.74 Å². The Morgan fingerprint density at radius 3 is 2.88 bits per heavy atom. The number of carbonyl (C=O) groups is 1. The first-order valence-corrected chi connectivity index (χ1v) is 5.09. The minimum absolute atomic E-state index is 0.322. The van der Waals surface area contributed by atoms with Gasteiger partial charge in [0.15, 0.2) is 11.6 Å². The fourth-order valence-electron chi connectivity index (χ4n) is 1.30. The lowest BCUT2D eigenvalue weighted by atomic mass is 10.2. The van der Waals surface area contributed by atoms with Crippen molar-refractivity contribution in [2.75, 3.05) is 6.61 Å². The fraction of sp³-hybridized carbons (Fsp3) is 0.300. The summed E-state index contributed by atoms with van der Waals surface area (Å²) in [6.07, 6.45) is 2.80. The first kappa shape index (κ1) is 11.2. The normalized spacial score (nSPS) is 10.2. The van der Waals surface area contributed by atoms with Gasteiger partial charge >= 0.3 is 5.97 Å². The van der Waals surface area contributed by atoms with Gasteiger partial charge in [0.1, 0.15) is 6.33 Å². The van der Waals surface area contributed by atoms with E-state index in [1.54, 1.807) is 13.8 Å². The predicted octanol–water partition coefficient (Wildman–Crippen LogP) is 0.747. The molecule has 0 radical (unpaired) electrons. The highest BCUT2D eigenvalue weighted by Gasteiger charge is 2.14. The third-order valence-electron chi connectivity index (χ3n) is 2.10. The van der Waals surface area contributed by atoms with Gasteiger partial charge in [-0.2, -0.15) is 5.10 Å². The van der Waals surface area contributed by atoms with Crippen molar-refractivity contribution in [2.24, 2.45) is 0 Å². The Bertz CT molecular complexity index is 523. The molecule has 2 aromatic rings. The van der Waals surface area contributed by atoms with Crippen LogP contribution < -0.4 is 0 Å². The number of nitrogens with one attached hydrogen (secondary N) is 1. The number of rotatable bonds is 3. The van der Waals surface area contributed by atoms with Gasteiger partial charge in [0.25, 0.3) is 0 Å². The third-order valence-corrected chi connectivity index (χ3v) is 2.10. The van der Waals surface area contributed by atoms with Gasteiger partial charge in [-0.25, -0.2) is 19.7 Å². The average molecular weight is 233 g/mol. The Morgan fingerprint density at radius 1 is 1.47 bits per heavy atom. The fourth-order valence-corrected chi connectivity index (χ4v) is 1.30. The van der Waals surface area contributed by atoms with Crippen LogP contribution in [0.15, 0.2) is 12.5 Å². The van der Waals surface area contributed by atoms with Crippen molar-refractivity contribution in [2.45, 2.75) is 13.8 Å². The number of hydrogen-bond acceptors (Lipinski definition) is 6. The highest BCUT2D eigenvalue weighted by atomic mass is 16.5. The molecule has 0 aliphatic heterocycles. The van der Waals surface area contributed by atoms with Crippen LogP contribution in [0.1, 0.15) is 23.0 Å². The van der Waals surface area contributed by atoms with Crippen LogP contribution in [-0.4, -0.2) is 37.7 Å². The van der Waals surface area contributed by atoms with Crippen LogP contribution in [0.3, 0.4) is 0 Å². The van der Waals surface area contributed by atoms with Crippen LogP contribution in [0.2, 0.25) is 0 Å². The summed E-state index contributed by atoms with van der Waals surface area (Å²) in [7, 11) is 0. The van der Waals surface area contributed by atoms with Crippen molar-refractivity contribution in [3.05, 3.63) is 23.8 Å². The smallest absolute Gasteiger partial charge is 0.341 e. The maximum Gasteiger partial charge on any atom is 0.341 e. The molecule has 0 fully saturated rings. The molecule has 0 unspecified atom stereocenters. The van der Waals surface area contributed by atoms with Gasteiger partial charge in [0.2, 0.25) is 0 Å². The largest absolute Gasteiger partial charge is 0.462 e. The second kappa shape index (κ2) is 4.69.